The van der Waals surface area contributed by atoms with Crippen LogP contribution in [0.5, 0.6) is 0 Å². The van der Waals surface area contributed by atoms with Crippen LogP contribution >= 0.6 is 0 Å². The molecule has 2 heterocycles. The second-order valence-corrected chi connectivity index (χ2v) is 6.79. The molecule has 2 aliphatic rings. The predicted molar refractivity (Wildman–Crippen MR) is 92.5 cm³/mol. The molecule has 0 aromatic carbocycles. The minimum Gasteiger partial charge on any atom is -0.368 e. The molecule has 11 heteroatoms. The summed E-state index contributed by atoms with van der Waals surface area (Å²) in [5.41, 5.74) is 5.31. The zero-order valence-electron chi connectivity index (χ0n) is 15.6. The molecule has 28 heavy (non-hydrogen) atoms. The Hall–Kier alpha value is -2.98. The van der Waals surface area contributed by atoms with Gasteiger partial charge in [-0.05, 0) is 6.42 Å². The molecule has 2 fully saturated rings. The van der Waals surface area contributed by atoms with Crippen molar-refractivity contribution in [1.82, 2.24) is 15.3 Å². The molecule has 11 nitrogen and oxygen atoms in total. The lowest BCUT2D eigenvalue weighted by molar-refractivity contribution is -0.197. The van der Waals surface area contributed by atoms with Gasteiger partial charge in [0.15, 0.2) is 0 Å². The Bertz CT molecular complexity index is 677. The number of carbonyl (C=O) groups is 6. The minimum atomic E-state index is -0.854. The highest BCUT2D eigenvalue weighted by molar-refractivity contribution is 6.01. The van der Waals surface area contributed by atoms with Crippen LogP contribution in [0.2, 0.25) is 0 Å². The van der Waals surface area contributed by atoms with E-state index in [4.69, 9.17) is 5.73 Å². The summed E-state index contributed by atoms with van der Waals surface area (Å²) in [6.45, 7) is 2.30. The van der Waals surface area contributed by atoms with Crippen LogP contribution in [0.25, 0.3) is 0 Å². The molecule has 1 unspecified atom stereocenters. The Morgan fingerprint density at radius 2 is 1.79 bits per heavy atom. The quantitative estimate of drug-likeness (QED) is 0.454. The van der Waals surface area contributed by atoms with Crippen molar-refractivity contribution >= 4 is 35.5 Å². The van der Waals surface area contributed by atoms with Crippen molar-refractivity contribution in [1.29, 1.82) is 0 Å². The summed E-state index contributed by atoms with van der Waals surface area (Å²) < 4.78 is 0. The fourth-order valence-electron chi connectivity index (χ4n) is 3.19. The molecule has 0 bridgehead atoms. The number of imide groups is 1. The molecule has 0 saturated carbocycles. The van der Waals surface area contributed by atoms with Gasteiger partial charge in [-0.1, -0.05) is 6.92 Å². The van der Waals surface area contributed by atoms with Crippen LogP contribution in [-0.4, -0.2) is 64.6 Å². The van der Waals surface area contributed by atoms with Gasteiger partial charge in [0, 0.05) is 44.7 Å². The standard InChI is InChI=1S/C17H24N4O7/c1-2-11(17(18)27)20-9-10(7-15(20)25)8-19-12(22)3-6-16(26)28-21-13(23)4-5-14(21)24/h10-11H,2-9H2,1H3,(H2,18,27)(H,19,22)/t10?,11-/m0/s1. The minimum absolute atomic E-state index is 0.00162. The van der Waals surface area contributed by atoms with Crippen LogP contribution in [0, 0.1) is 5.92 Å². The normalized spacial score (nSPS) is 20.5. The van der Waals surface area contributed by atoms with Crippen molar-refractivity contribution < 1.29 is 33.6 Å². The molecule has 0 aromatic heterocycles. The van der Waals surface area contributed by atoms with Gasteiger partial charge in [0.05, 0.1) is 6.42 Å². The number of likely N-dealkylation sites (tertiary alicyclic amines) is 1. The van der Waals surface area contributed by atoms with Crippen molar-refractivity contribution in [2.45, 2.75) is 51.5 Å². The lowest BCUT2D eigenvalue weighted by Crippen LogP contribution is -2.45. The van der Waals surface area contributed by atoms with Gasteiger partial charge in [-0.25, -0.2) is 4.79 Å². The van der Waals surface area contributed by atoms with Crippen LogP contribution in [0.15, 0.2) is 0 Å². The third-order valence-electron chi connectivity index (χ3n) is 4.67. The first kappa shape index (κ1) is 21.3. The van der Waals surface area contributed by atoms with Gasteiger partial charge in [0.1, 0.15) is 6.04 Å². The van der Waals surface area contributed by atoms with Gasteiger partial charge in [-0.2, -0.15) is 0 Å². The summed E-state index contributed by atoms with van der Waals surface area (Å²) in [4.78, 5) is 75.9. The topological polar surface area (TPSA) is 156 Å². The SMILES string of the molecule is CC[C@@H](C(N)=O)N1CC(CNC(=O)CCC(=O)ON2C(=O)CCC2=O)CC1=O. The van der Waals surface area contributed by atoms with E-state index in [2.05, 4.69) is 10.2 Å². The maximum atomic E-state index is 12.1. The molecule has 0 spiro atoms. The molecular weight excluding hydrogens is 372 g/mol. The lowest BCUT2D eigenvalue weighted by atomic mass is 10.1. The molecule has 154 valence electrons. The number of hydroxylamine groups is 2. The number of rotatable bonds is 9. The third kappa shape index (κ3) is 5.27. The van der Waals surface area contributed by atoms with E-state index >= 15 is 0 Å². The highest BCUT2D eigenvalue weighted by Crippen LogP contribution is 2.21. The second-order valence-electron chi connectivity index (χ2n) is 6.79. The van der Waals surface area contributed by atoms with Crippen LogP contribution in [0.4, 0.5) is 0 Å². The smallest absolute Gasteiger partial charge is 0.333 e. The second kappa shape index (κ2) is 9.29. The zero-order valence-corrected chi connectivity index (χ0v) is 15.6. The average molecular weight is 396 g/mol. The third-order valence-corrected chi connectivity index (χ3v) is 4.67. The fraction of sp³-hybridized carbons (Fsp3) is 0.647. The van der Waals surface area contributed by atoms with Crippen molar-refractivity contribution in [3.63, 3.8) is 0 Å². The lowest BCUT2D eigenvalue weighted by Gasteiger charge is -2.24. The van der Waals surface area contributed by atoms with E-state index in [1.165, 1.54) is 4.90 Å². The van der Waals surface area contributed by atoms with Crippen LogP contribution in [0.3, 0.4) is 0 Å². The van der Waals surface area contributed by atoms with Gasteiger partial charge in [0.2, 0.25) is 17.7 Å². The molecule has 2 atom stereocenters. The largest absolute Gasteiger partial charge is 0.368 e. The molecule has 2 aliphatic heterocycles. The zero-order chi connectivity index (χ0) is 20.8. The van der Waals surface area contributed by atoms with E-state index in [1.807, 2.05) is 0 Å². The van der Waals surface area contributed by atoms with Crippen molar-refractivity contribution in [3.8, 4) is 0 Å². The van der Waals surface area contributed by atoms with Crippen molar-refractivity contribution in [3.05, 3.63) is 0 Å². The van der Waals surface area contributed by atoms with E-state index in [9.17, 15) is 28.8 Å². The molecule has 3 N–H and O–H groups in total. The molecule has 5 amide bonds. The Kier molecular flexibility index (Phi) is 7.07. The number of carbonyl (C=O) groups excluding carboxylic acids is 6. The number of nitrogens with zero attached hydrogens (tertiary/aromatic N) is 2. The van der Waals surface area contributed by atoms with Crippen molar-refractivity contribution in [2.24, 2.45) is 11.7 Å². The highest BCUT2D eigenvalue weighted by atomic mass is 16.7. The highest BCUT2D eigenvalue weighted by Gasteiger charge is 2.36. The first-order valence-corrected chi connectivity index (χ1v) is 9.15. The number of primary amides is 1. The Morgan fingerprint density at radius 1 is 1.14 bits per heavy atom. The van der Waals surface area contributed by atoms with E-state index in [1.54, 1.807) is 6.92 Å². The predicted octanol–water partition coefficient (Wildman–Crippen LogP) is -1.40. The molecule has 0 aliphatic carbocycles. The summed E-state index contributed by atoms with van der Waals surface area (Å²) in [5, 5.41) is 3.06. The molecule has 0 aromatic rings. The molecule has 0 radical (unpaired) electrons. The number of nitrogens with one attached hydrogen (secondary N) is 1. The average Bonchev–Trinajstić information content (AvgIpc) is 3.15. The van der Waals surface area contributed by atoms with Crippen LogP contribution in [0.1, 0.15) is 45.4 Å². The summed E-state index contributed by atoms with van der Waals surface area (Å²) in [6, 6.07) is -0.654. The first-order valence-electron chi connectivity index (χ1n) is 9.15. The van der Waals surface area contributed by atoms with E-state index in [0.29, 0.717) is 18.0 Å². The summed E-state index contributed by atoms with van der Waals surface area (Å²) in [5.74, 6) is -3.35. The fourth-order valence-corrected chi connectivity index (χ4v) is 3.19. The van der Waals surface area contributed by atoms with Gasteiger partial charge >= 0.3 is 5.97 Å². The van der Waals surface area contributed by atoms with E-state index in [0.717, 1.165) is 0 Å². The maximum Gasteiger partial charge on any atom is 0.333 e. The number of nitrogens with two attached hydrogens (primary N) is 1. The Morgan fingerprint density at radius 3 is 2.36 bits per heavy atom. The van der Waals surface area contributed by atoms with Crippen LogP contribution < -0.4 is 11.1 Å². The molecule has 2 rings (SSSR count). The molecular formula is C17H24N4O7. The Balaban J connectivity index is 1.70. The first-order chi connectivity index (χ1) is 13.2. The van der Waals surface area contributed by atoms with E-state index < -0.39 is 35.6 Å². The number of hydrogen-bond donors (Lipinski definition) is 2. The maximum absolute atomic E-state index is 12.1. The number of amides is 5. The van der Waals surface area contributed by atoms with E-state index in [-0.39, 0.29) is 50.5 Å². The summed E-state index contributed by atoms with van der Waals surface area (Å²) in [7, 11) is 0. The van der Waals surface area contributed by atoms with Crippen molar-refractivity contribution in [2.75, 3.05) is 13.1 Å². The summed E-state index contributed by atoms with van der Waals surface area (Å²) >= 11 is 0. The van der Waals surface area contributed by atoms with Gasteiger partial charge in [0.25, 0.3) is 11.8 Å². The molecule has 2 saturated heterocycles. The number of hydrogen-bond acceptors (Lipinski definition) is 7. The summed E-state index contributed by atoms with van der Waals surface area (Å²) in [6.07, 6.45) is 0.142. The van der Waals surface area contributed by atoms with Gasteiger partial charge in [-0.3, -0.25) is 24.0 Å². The Labute approximate surface area is 161 Å². The van der Waals surface area contributed by atoms with Gasteiger partial charge < -0.3 is 20.8 Å². The van der Waals surface area contributed by atoms with Gasteiger partial charge in [-0.15, -0.1) is 5.06 Å². The monoisotopic (exact) mass is 396 g/mol. The van der Waals surface area contributed by atoms with Crippen LogP contribution in [-0.2, 0) is 33.6 Å².